The van der Waals surface area contributed by atoms with Gasteiger partial charge >= 0.3 is 0 Å². The molecular formula is C15H21N3O2. The zero-order valence-electron chi connectivity index (χ0n) is 11.6. The third kappa shape index (κ3) is 4.06. The van der Waals surface area contributed by atoms with E-state index in [0.717, 1.165) is 25.9 Å². The normalized spacial score (nSPS) is 16.4. The van der Waals surface area contributed by atoms with Gasteiger partial charge in [0.2, 0.25) is 5.91 Å². The largest absolute Gasteiger partial charge is 0.366 e. The highest BCUT2D eigenvalue weighted by molar-refractivity contribution is 6.03. The van der Waals surface area contributed by atoms with Gasteiger partial charge in [0.05, 0.1) is 17.8 Å². The number of carbonyl (C=O) groups is 2. The number of anilines is 1. The van der Waals surface area contributed by atoms with E-state index in [1.165, 1.54) is 12.8 Å². The van der Waals surface area contributed by atoms with Crippen molar-refractivity contribution in [1.29, 1.82) is 0 Å². The average Bonchev–Trinajstić information content (AvgIpc) is 2.67. The summed E-state index contributed by atoms with van der Waals surface area (Å²) < 4.78 is 0. The number of hydrogen-bond acceptors (Lipinski definition) is 3. The lowest BCUT2D eigenvalue weighted by atomic mass is 10.1. The molecule has 0 bridgehead atoms. The summed E-state index contributed by atoms with van der Waals surface area (Å²) in [4.78, 5) is 25.5. The zero-order valence-corrected chi connectivity index (χ0v) is 11.6. The van der Waals surface area contributed by atoms with E-state index in [0.29, 0.717) is 17.8 Å². The maximum atomic E-state index is 12.1. The van der Waals surface area contributed by atoms with E-state index in [2.05, 4.69) is 10.2 Å². The van der Waals surface area contributed by atoms with Crippen molar-refractivity contribution in [1.82, 2.24) is 4.90 Å². The van der Waals surface area contributed by atoms with Crippen molar-refractivity contribution in [3.05, 3.63) is 29.8 Å². The van der Waals surface area contributed by atoms with E-state index >= 15 is 0 Å². The van der Waals surface area contributed by atoms with Crippen molar-refractivity contribution < 1.29 is 9.59 Å². The minimum absolute atomic E-state index is 0.0967. The fraction of sp³-hybridized carbons (Fsp3) is 0.467. The van der Waals surface area contributed by atoms with Gasteiger partial charge in [-0.1, -0.05) is 25.0 Å². The highest BCUT2D eigenvalue weighted by Gasteiger charge is 2.15. The van der Waals surface area contributed by atoms with Crippen LogP contribution in [0.25, 0.3) is 0 Å². The number of amides is 2. The van der Waals surface area contributed by atoms with Gasteiger partial charge < -0.3 is 11.1 Å². The van der Waals surface area contributed by atoms with Crippen LogP contribution in [0, 0.1) is 0 Å². The van der Waals surface area contributed by atoms with Gasteiger partial charge in [-0.15, -0.1) is 0 Å². The minimum atomic E-state index is -0.532. The molecule has 3 N–H and O–H groups in total. The highest BCUT2D eigenvalue weighted by atomic mass is 16.2. The van der Waals surface area contributed by atoms with Gasteiger partial charge in [-0.25, -0.2) is 0 Å². The number of nitrogens with one attached hydrogen (secondary N) is 1. The highest BCUT2D eigenvalue weighted by Crippen LogP contribution is 2.15. The summed E-state index contributed by atoms with van der Waals surface area (Å²) >= 11 is 0. The van der Waals surface area contributed by atoms with Crippen molar-refractivity contribution in [2.24, 2.45) is 5.73 Å². The molecule has 5 heteroatoms. The molecule has 1 aliphatic rings. The number of benzene rings is 1. The Morgan fingerprint density at radius 2 is 1.75 bits per heavy atom. The predicted molar refractivity (Wildman–Crippen MR) is 78.5 cm³/mol. The minimum Gasteiger partial charge on any atom is -0.366 e. The molecule has 20 heavy (non-hydrogen) atoms. The molecule has 5 nitrogen and oxygen atoms in total. The third-order valence-electron chi connectivity index (χ3n) is 3.53. The Bertz CT molecular complexity index is 480. The fourth-order valence-electron chi connectivity index (χ4n) is 2.49. The van der Waals surface area contributed by atoms with Crippen LogP contribution in [-0.2, 0) is 4.79 Å². The number of carbonyl (C=O) groups excluding carboxylic acids is 2. The smallest absolute Gasteiger partial charge is 0.250 e. The zero-order chi connectivity index (χ0) is 14.4. The first-order valence-electron chi connectivity index (χ1n) is 7.08. The summed E-state index contributed by atoms with van der Waals surface area (Å²) in [6.45, 7) is 2.29. The molecular weight excluding hydrogens is 254 g/mol. The SMILES string of the molecule is NC(=O)c1ccccc1NC(=O)CN1CCCCCC1. The summed E-state index contributed by atoms with van der Waals surface area (Å²) in [7, 11) is 0. The molecule has 2 rings (SSSR count). The summed E-state index contributed by atoms with van der Waals surface area (Å²) in [5.74, 6) is -0.628. The van der Waals surface area contributed by atoms with Crippen LogP contribution in [0.2, 0.25) is 0 Å². The lowest BCUT2D eigenvalue weighted by Crippen LogP contribution is -2.34. The topological polar surface area (TPSA) is 75.4 Å². The molecule has 0 aromatic heterocycles. The molecule has 0 aliphatic carbocycles. The second kappa shape index (κ2) is 7.05. The maximum absolute atomic E-state index is 12.1. The fourth-order valence-corrected chi connectivity index (χ4v) is 2.49. The standard InChI is InChI=1S/C15H21N3O2/c16-15(20)12-7-3-4-8-13(12)17-14(19)11-18-9-5-1-2-6-10-18/h3-4,7-8H,1-2,5-6,9-11H2,(H2,16,20)(H,17,19). The van der Waals surface area contributed by atoms with Crippen molar-refractivity contribution >= 4 is 17.5 Å². The van der Waals surface area contributed by atoms with Crippen LogP contribution < -0.4 is 11.1 Å². The molecule has 0 spiro atoms. The van der Waals surface area contributed by atoms with Gasteiger partial charge in [-0.3, -0.25) is 14.5 Å². The molecule has 0 saturated carbocycles. The Balaban J connectivity index is 1.95. The lowest BCUT2D eigenvalue weighted by molar-refractivity contribution is -0.117. The second-order valence-electron chi connectivity index (χ2n) is 5.15. The van der Waals surface area contributed by atoms with E-state index in [-0.39, 0.29) is 5.91 Å². The number of likely N-dealkylation sites (tertiary alicyclic amines) is 1. The third-order valence-corrected chi connectivity index (χ3v) is 3.53. The van der Waals surface area contributed by atoms with Crippen LogP contribution in [-0.4, -0.2) is 36.3 Å². The number of nitrogens with zero attached hydrogens (tertiary/aromatic N) is 1. The Morgan fingerprint density at radius 1 is 1.10 bits per heavy atom. The first-order chi connectivity index (χ1) is 9.66. The number of primary amides is 1. The Labute approximate surface area is 119 Å². The molecule has 0 unspecified atom stereocenters. The number of rotatable bonds is 4. The number of para-hydroxylation sites is 1. The Hall–Kier alpha value is -1.88. The van der Waals surface area contributed by atoms with Crippen LogP contribution in [0.5, 0.6) is 0 Å². The van der Waals surface area contributed by atoms with Crippen molar-refractivity contribution in [2.75, 3.05) is 25.0 Å². The van der Waals surface area contributed by atoms with E-state index in [9.17, 15) is 9.59 Å². The van der Waals surface area contributed by atoms with Gasteiger partial charge in [0.25, 0.3) is 5.91 Å². The van der Waals surface area contributed by atoms with Crippen LogP contribution in [0.15, 0.2) is 24.3 Å². The van der Waals surface area contributed by atoms with Crippen molar-refractivity contribution in [3.63, 3.8) is 0 Å². The molecule has 1 aromatic carbocycles. The van der Waals surface area contributed by atoms with Crippen molar-refractivity contribution in [3.8, 4) is 0 Å². The molecule has 1 fully saturated rings. The number of hydrogen-bond donors (Lipinski definition) is 2. The predicted octanol–water partition coefficient (Wildman–Crippen LogP) is 1.60. The van der Waals surface area contributed by atoms with Gasteiger partial charge in [-0.05, 0) is 38.1 Å². The second-order valence-corrected chi connectivity index (χ2v) is 5.15. The Kier molecular flexibility index (Phi) is 5.12. The molecule has 2 amide bonds. The van der Waals surface area contributed by atoms with E-state index in [4.69, 9.17) is 5.73 Å². The maximum Gasteiger partial charge on any atom is 0.250 e. The molecule has 0 radical (unpaired) electrons. The summed E-state index contributed by atoms with van der Waals surface area (Å²) in [6, 6.07) is 6.81. The van der Waals surface area contributed by atoms with E-state index in [1.807, 2.05) is 0 Å². The van der Waals surface area contributed by atoms with Gasteiger partial charge in [0, 0.05) is 0 Å². The molecule has 1 aromatic rings. The average molecular weight is 275 g/mol. The molecule has 108 valence electrons. The number of nitrogens with two attached hydrogens (primary N) is 1. The van der Waals surface area contributed by atoms with E-state index < -0.39 is 5.91 Å². The van der Waals surface area contributed by atoms with E-state index in [1.54, 1.807) is 24.3 Å². The molecule has 1 heterocycles. The lowest BCUT2D eigenvalue weighted by Gasteiger charge is -2.19. The molecule has 1 saturated heterocycles. The quantitative estimate of drug-likeness (QED) is 0.876. The first kappa shape index (κ1) is 14.5. The van der Waals surface area contributed by atoms with Crippen LogP contribution in [0.4, 0.5) is 5.69 Å². The summed E-state index contributed by atoms with van der Waals surface area (Å²) in [6.07, 6.45) is 4.77. The monoisotopic (exact) mass is 275 g/mol. The van der Waals surface area contributed by atoms with Crippen molar-refractivity contribution in [2.45, 2.75) is 25.7 Å². The summed E-state index contributed by atoms with van der Waals surface area (Å²) in [5.41, 5.74) is 6.12. The van der Waals surface area contributed by atoms with Gasteiger partial charge in [0.15, 0.2) is 0 Å². The molecule has 0 atom stereocenters. The first-order valence-corrected chi connectivity index (χ1v) is 7.08. The summed E-state index contributed by atoms with van der Waals surface area (Å²) in [5, 5.41) is 2.78. The van der Waals surface area contributed by atoms with Gasteiger partial charge in [0.1, 0.15) is 0 Å². The van der Waals surface area contributed by atoms with Crippen LogP contribution >= 0.6 is 0 Å². The Morgan fingerprint density at radius 3 is 2.40 bits per heavy atom. The van der Waals surface area contributed by atoms with Crippen LogP contribution in [0.3, 0.4) is 0 Å². The molecule has 1 aliphatic heterocycles. The van der Waals surface area contributed by atoms with Gasteiger partial charge in [-0.2, -0.15) is 0 Å². The van der Waals surface area contributed by atoms with Crippen LogP contribution in [0.1, 0.15) is 36.0 Å².